The van der Waals surface area contributed by atoms with Crippen LogP contribution in [0.15, 0.2) is 11.3 Å². The van der Waals surface area contributed by atoms with Crippen molar-refractivity contribution >= 4 is 20.4 Å². The Morgan fingerprint density at radius 1 is 0.978 bits per heavy atom. The average molecular weight is 643 g/mol. The SMILES string of the molecule is COC1CCC([Si](C)(C)[C@H]2[C@H](CCO)O[C@@]3(C(=O)N(CC4CCCC(N(C=O)C5CCCCC5)C4)C4=C3CCCC4)[C@@H]2C)CC1. The van der Waals surface area contributed by atoms with Crippen LogP contribution >= 0.6 is 0 Å². The number of hydrogen-bond acceptors (Lipinski definition) is 5. The summed E-state index contributed by atoms with van der Waals surface area (Å²) < 4.78 is 12.9. The number of rotatable bonds is 10. The molecule has 2 unspecified atom stereocenters. The smallest absolute Gasteiger partial charge is 0.263 e. The van der Waals surface area contributed by atoms with Crippen LogP contribution in [0.25, 0.3) is 0 Å². The predicted molar refractivity (Wildman–Crippen MR) is 180 cm³/mol. The molecular weight excluding hydrogens is 581 g/mol. The normalized spacial score (nSPS) is 38.2. The maximum absolute atomic E-state index is 15.0. The first-order valence-electron chi connectivity index (χ1n) is 18.8. The molecule has 0 radical (unpaired) electrons. The zero-order valence-corrected chi connectivity index (χ0v) is 29.8. The molecule has 6 aliphatic rings. The van der Waals surface area contributed by atoms with Gasteiger partial charge in [-0.1, -0.05) is 58.5 Å². The van der Waals surface area contributed by atoms with Gasteiger partial charge >= 0.3 is 0 Å². The Labute approximate surface area is 273 Å². The summed E-state index contributed by atoms with van der Waals surface area (Å²) in [6, 6.07) is 0.699. The van der Waals surface area contributed by atoms with E-state index >= 15 is 4.79 Å². The molecule has 0 aromatic rings. The van der Waals surface area contributed by atoms with Crippen LogP contribution in [0.3, 0.4) is 0 Å². The predicted octanol–water partition coefficient (Wildman–Crippen LogP) is 7.20. The van der Waals surface area contributed by atoms with Crippen molar-refractivity contribution < 1.29 is 24.2 Å². The number of nitrogens with zero attached hydrogens (tertiary/aromatic N) is 2. The van der Waals surface area contributed by atoms with Crippen LogP contribution in [-0.2, 0) is 19.1 Å². The maximum atomic E-state index is 15.0. The standard InChI is InChI=1S/C37H62N2O5Si/c1-26-35(45(3,4)31-19-17-30(43-2)18-20-31)34(21-22-40)44-37(26)32-15-8-9-16-33(32)38(36(37)42)24-27-11-10-14-29(23-27)39(25-41)28-12-6-5-7-13-28/h25-31,34-35,40H,5-24H2,1-4H3/t26-,27?,29?,30?,31?,34+,35-,37+/m1/s1. The fourth-order valence-corrected chi connectivity index (χ4v) is 16.5. The molecule has 1 N–H and O–H groups in total. The zero-order chi connectivity index (χ0) is 31.8. The first-order valence-corrected chi connectivity index (χ1v) is 22.0. The van der Waals surface area contributed by atoms with E-state index in [4.69, 9.17) is 9.47 Å². The summed E-state index contributed by atoms with van der Waals surface area (Å²) in [5, 5.41) is 10.2. The molecule has 4 aliphatic carbocycles. The van der Waals surface area contributed by atoms with Crippen molar-refractivity contribution in [3.8, 4) is 0 Å². The molecule has 7 nitrogen and oxygen atoms in total. The molecule has 0 bridgehead atoms. The number of fused-ring (bicyclic) bond motifs is 1. The van der Waals surface area contributed by atoms with Crippen molar-refractivity contribution in [2.45, 2.75) is 177 Å². The van der Waals surface area contributed by atoms with Crippen molar-refractivity contribution in [3.05, 3.63) is 11.3 Å². The molecule has 8 heteroatoms. The van der Waals surface area contributed by atoms with Crippen LogP contribution in [0.1, 0.15) is 122 Å². The third-order valence-electron chi connectivity index (χ3n) is 13.8. The molecule has 1 saturated heterocycles. The van der Waals surface area contributed by atoms with E-state index in [9.17, 15) is 9.90 Å². The number of allylic oxidation sites excluding steroid dienone is 1. The summed E-state index contributed by atoms with van der Waals surface area (Å²) in [6.45, 7) is 8.31. The largest absolute Gasteiger partial charge is 0.396 e. The van der Waals surface area contributed by atoms with Gasteiger partial charge in [0.1, 0.15) is 0 Å². The van der Waals surface area contributed by atoms with Gasteiger partial charge < -0.3 is 24.4 Å². The van der Waals surface area contributed by atoms with Crippen molar-refractivity contribution in [1.82, 2.24) is 9.80 Å². The summed E-state index contributed by atoms with van der Waals surface area (Å²) in [5.74, 6) is 0.724. The summed E-state index contributed by atoms with van der Waals surface area (Å²) in [5.41, 5.74) is 2.72. The van der Waals surface area contributed by atoms with Crippen LogP contribution in [0, 0.1) is 11.8 Å². The van der Waals surface area contributed by atoms with Gasteiger partial charge in [0.05, 0.1) is 20.3 Å². The second-order valence-corrected chi connectivity index (χ2v) is 21.5. The van der Waals surface area contributed by atoms with Crippen LogP contribution in [0.5, 0.6) is 0 Å². The zero-order valence-electron chi connectivity index (χ0n) is 28.8. The van der Waals surface area contributed by atoms with E-state index in [0.717, 1.165) is 90.0 Å². The fraction of sp³-hybridized carbons (Fsp3) is 0.892. The lowest BCUT2D eigenvalue weighted by Gasteiger charge is -2.45. The topological polar surface area (TPSA) is 79.3 Å². The monoisotopic (exact) mass is 642 g/mol. The molecule has 4 fully saturated rings. The van der Waals surface area contributed by atoms with Gasteiger partial charge in [0.15, 0.2) is 5.60 Å². The van der Waals surface area contributed by atoms with Gasteiger partial charge in [0.25, 0.3) is 5.91 Å². The second kappa shape index (κ2) is 14.1. The van der Waals surface area contributed by atoms with E-state index in [0.29, 0.717) is 41.6 Å². The number of aliphatic hydroxyl groups is 1. The summed E-state index contributed by atoms with van der Waals surface area (Å²) in [4.78, 5) is 31.7. The quantitative estimate of drug-likeness (QED) is 0.201. The van der Waals surface area contributed by atoms with Gasteiger partial charge in [-0.2, -0.15) is 0 Å². The fourth-order valence-electron chi connectivity index (χ4n) is 11.4. The Kier molecular flexibility index (Phi) is 10.5. The molecule has 0 aromatic carbocycles. The lowest BCUT2D eigenvalue weighted by atomic mass is 9.78. The minimum absolute atomic E-state index is 0.0675. The van der Waals surface area contributed by atoms with Crippen molar-refractivity contribution in [3.63, 3.8) is 0 Å². The third kappa shape index (κ3) is 6.12. The van der Waals surface area contributed by atoms with E-state index in [1.165, 1.54) is 43.4 Å². The highest BCUT2D eigenvalue weighted by Crippen LogP contribution is 2.61. The molecule has 1 spiro atoms. The van der Waals surface area contributed by atoms with Crippen LogP contribution in [-0.4, -0.2) is 85.5 Å². The lowest BCUT2D eigenvalue weighted by Crippen LogP contribution is -2.51. The molecule has 3 saturated carbocycles. The van der Waals surface area contributed by atoms with Gasteiger partial charge in [0, 0.05) is 44.0 Å². The van der Waals surface area contributed by atoms with Crippen LogP contribution in [0.2, 0.25) is 24.2 Å². The first-order chi connectivity index (χ1) is 21.8. The van der Waals surface area contributed by atoms with E-state index in [-0.39, 0.29) is 24.5 Å². The van der Waals surface area contributed by atoms with E-state index < -0.39 is 13.7 Å². The highest BCUT2D eigenvalue weighted by Gasteiger charge is 2.67. The molecule has 0 aromatic heterocycles. The van der Waals surface area contributed by atoms with Crippen molar-refractivity contribution in [1.29, 1.82) is 0 Å². The molecule has 2 heterocycles. The molecule has 2 aliphatic heterocycles. The van der Waals surface area contributed by atoms with Gasteiger partial charge in [-0.3, -0.25) is 9.59 Å². The van der Waals surface area contributed by atoms with E-state index in [1.807, 2.05) is 7.11 Å². The minimum Gasteiger partial charge on any atom is -0.396 e. The molecule has 45 heavy (non-hydrogen) atoms. The lowest BCUT2D eigenvalue weighted by molar-refractivity contribution is -0.150. The Hall–Kier alpha value is -1.22. The maximum Gasteiger partial charge on any atom is 0.263 e. The van der Waals surface area contributed by atoms with Crippen LogP contribution < -0.4 is 0 Å². The number of ether oxygens (including phenoxy) is 2. The van der Waals surface area contributed by atoms with E-state index in [2.05, 4.69) is 29.8 Å². The molecule has 2 amide bonds. The Morgan fingerprint density at radius 3 is 2.38 bits per heavy atom. The summed E-state index contributed by atoms with van der Waals surface area (Å²) in [6.07, 6.45) is 21.3. The van der Waals surface area contributed by atoms with Crippen molar-refractivity contribution in [2.24, 2.45) is 11.8 Å². The number of hydrogen-bond donors (Lipinski definition) is 1. The minimum atomic E-state index is -1.89. The van der Waals surface area contributed by atoms with Gasteiger partial charge in [0.2, 0.25) is 6.41 Å². The Bertz CT molecular complexity index is 1080. The number of carbonyl (C=O) groups excluding carboxylic acids is 2. The molecule has 6 rings (SSSR count). The highest BCUT2D eigenvalue weighted by atomic mass is 28.3. The number of carbonyl (C=O) groups is 2. The molecular formula is C37H62N2O5Si. The third-order valence-corrected chi connectivity index (χ3v) is 19.0. The average Bonchev–Trinajstić information content (AvgIpc) is 3.49. The highest BCUT2D eigenvalue weighted by molar-refractivity contribution is 6.80. The van der Waals surface area contributed by atoms with Gasteiger partial charge in [-0.05, 0) is 99.6 Å². The van der Waals surface area contributed by atoms with Crippen LogP contribution in [0.4, 0.5) is 0 Å². The molecule has 254 valence electrons. The number of amides is 2. The number of aliphatic hydroxyl groups excluding tert-OH is 1. The summed E-state index contributed by atoms with van der Waals surface area (Å²) in [7, 11) is -0.0414. The van der Waals surface area contributed by atoms with Gasteiger partial charge in [-0.25, -0.2) is 0 Å². The Balaban J connectivity index is 1.24. The first kappa shape index (κ1) is 33.7. The van der Waals surface area contributed by atoms with Gasteiger partial charge in [-0.15, -0.1) is 0 Å². The summed E-state index contributed by atoms with van der Waals surface area (Å²) >= 11 is 0. The second-order valence-electron chi connectivity index (χ2n) is 16.3. The Morgan fingerprint density at radius 2 is 1.69 bits per heavy atom. The van der Waals surface area contributed by atoms with E-state index in [1.54, 1.807) is 0 Å². The van der Waals surface area contributed by atoms with Crippen molar-refractivity contribution in [2.75, 3.05) is 20.3 Å². The molecule has 6 atom stereocenters. The number of methoxy groups -OCH3 is 1.